The van der Waals surface area contributed by atoms with Gasteiger partial charge < -0.3 is 4.90 Å². The van der Waals surface area contributed by atoms with Crippen LogP contribution in [0.25, 0.3) is 75.5 Å². The van der Waals surface area contributed by atoms with E-state index in [0.717, 1.165) is 17.1 Å². The van der Waals surface area contributed by atoms with Crippen molar-refractivity contribution in [3.63, 3.8) is 0 Å². The van der Waals surface area contributed by atoms with Crippen molar-refractivity contribution in [2.45, 2.75) is 19.3 Å². The van der Waals surface area contributed by atoms with Crippen LogP contribution in [0.1, 0.15) is 25.0 Å². The minimum atomic E-state index is -0.0800. The van der Waals surface area contributed by atoms with Gasteiger partial charge >= 0.3 is 0 Å². The van der Waals surface area contributed by atoms with Crippen molar-refractivity contribution in [1.82, 2.24) is 0 Å². The first-order valence-electron chi connectivity index (χ1n) is 19.8. The van der Waals surface area contributed by atoms with Crippen molar-refractivity contribution < 1.29 is 0 Å². The van der Waals surface area contributed by atoms with E-state index in [-0.39, 0.29) is 5.41 Å². The lowest BCUT2D eigenvalue weighted by molar-refractivity contribution is 0.660. The lowest BCUT2D eigenvalue weighted by atomic mass is 9.82. The second-order valence-corrected chi connectivity index (χ2v) is 16.8. The van der Waals surface area contributed by atoms with Crippen molar-refractivity contribution in [3.05, 3.63) is 211 Å². The summed E-state index contributed by atoms with van der Waals surface area (Å²) in [5.41, 5.74) is 16.0. The molecule has 0 aliphatic heterocycles. The molecule has 0 spiro atoms. The molecule has 10 aromatic rings. The van der Waals surface area contributed by atoms with Crippen molar-refractivity contribution in [2.75, 3.05) is 4.90 Å². The Morgan fingerprint density at radius 2 is 0.947 bits per heavy atom. The van der Waals surface area contributed by atoms with E-state index in [4.69, 9.17) is 0 Å². The minimum absolute atomic E-state index is 0.0800. The molecule has 1 aliphatic carbocycles. The highest BCUT2D eigenvalue weighted by molar-refractivity contribution is 7.25. The maximum absolute atomic E-state index is 2.43. The molecule has 0 saturated carbocycles. The number of hydrogen-bond acceptors (Lipinski definition) is 2. The first kappa shape index (κ1) is 33.6. The van der Waals surface area contributed by atoms with Gasteiger partial charge in [0.1, 0.15) is 0 Å². The Hall–Kier alpha value is -6.74. The van der Waals surface area contributed by atoms with Crippen molar-refractivity contribution in [1.29, 1.82) is 0 Å². The normalized spacial score (nSPS) is 12.9. The first-order chi connectivity index (χ1) is 28.0. The van der Waals surface area contributed by atoms with Crippen LogP contribution in [0.5, 0.6) is 0 Å². The second-order valence-electron chi connectivity index (χ2n) is 15.7. The average molecular weight is 746 g/mol. The molecular weight excluding hydrogens is 707 g/mol. The zero-order valence-corrected chi connectivity index (χ0v) is 32.7. The number of thiophene rings is 1. The Labute approximate surface area is 337 Å². The topological polar surface area (TPSA) is 3.24 Å². The maximum Gasteiger partial charge on any atom is 0.0540 e. The highest BCUT2D eigenvalue weighted by Crippen LogP contribution is 2.54. The minimum Gasteiger partial charge on any atom is -0.310 e. The number of rotatable bonds is 6. The van der Waals surface area contributed by atoms with E-state index in [2.05, 4.69) is 219 Å². The molecule has 11 rings (SSSR count). The molecule has 0 radical (unpaired) electrons. The number of nitrogens with zero attached hydrogens (tertiary/aromatic N) is 1. The van der Waals surface area contributed by atoms with Crippen LogP contribution in [0.4, 0.5) is 17.1 Å². The summed E-state index contributed by atoms with van der Waals surface area (Å²) in [6, 6.07) is 73.9. The smallest absolute Gasteiger partial charge is 0.0540 e. The zero-order valence-electron chi connectivity index (χ0n) is 31.9. The Morgan fingerprint density at radius 1 is 0.386 bits per heavy atom. The van der Waals surface area contributed by atoms with E-state index in [0.29, 0.717) is 0 Å². The van der Waals surface area contributed by atoms with Gasteiger partial charge in [-0.05, 0) is 115 Å². The summed E-state index contributed by atoms with van der Waals surface area (Å²) in [6.07, 6.45) is 0. The van der Waals surface area contributed by atoms with Gasteiger partial charge in [0.25, 0.3) is 0 Å². The summed E-state index contributed by atoms with van der Waals surface area (Å²) in [5.74, 6) is 0. The van der Waals surface area contributed by atoms with E-state index >= 15 is 0 Å². The van der Waals surface area contributed by atoms with Gasteiger partial charge in [0.2, 0.25) is 0 Å². The fraction of sp³-hybridized carbons (Fsp3) is 0.0545. The third kappa shape index (κ3) is 5.51. The van der Waals surface area contributed by atoms with Crippen molar-refractivity contribution >= 4 is 59.3 Å². The number of hydrogen-bond donors (Lipinski definition) is 0. The molecule has 0 amide bonds. The van der Waals surface area contributed by atoms with Gasteiger partial charge in [0.15, 0.2) is 0 Å². The molecule has 1 nitrogen and oxygen atoms in total. The molecule has 57 heavy (non-hydrogen) atoms. The molecule has 1 aliphatic rings. The van der Waals surface area contributed by atoms with E-state index < -0.39 is 0 Å². The Kier molecular flexibility index (Phi) is 7.77. The first-order valence-corrected chi connectivity index (χ1v) is 20.6. The van der Waals surface area contributed by atoms with Crippen LogP contribution in [0.15, 0.2) is 200 Å². The summed E-state index contributed by atoms with van der Waals surface area (Å²) in [5, 5.41) is 5.15. The molecule has 270 valence electrons. The van der Waals surface area contributed by atoms with Crippen LogP contribution in [0.3, 0.4) is 0 Å². The number of benzene rings is 9. The maximum atomic E-state index is 2.43. The monoisotopic (exact) mass is 745 g/mol. The van der Waals surface area contributed by atoms with Crippen LogP contribution in [0.2, 0.25) is 0 Å². The molecule has 9 aromatic carbocycles. The Bertz CT molecular complexity index is 3150. The largest absolute Gasteiger partial charge is 0.310 e. The van der Waals surface area contributed by atoms with E-state index in [1.807, 2.05) is 11.3 Å². The van der Waals surface area contributed by atoms with Crippen LogP contribution < -0.4 is 4.90 Å². The van der Waals surface area contributed by atoms with E-state index in [1.165, 1.54) is 86.6 Å². The summed E-state index contributed by atoms with van der Waals surface area (Å²) < 4.78 is 2.65. The molecule has 1 heterocycles. The predicted octanol–water partition coefficient (Wildman–Crippen LogP) is 16.0. The van der Waals surface area contributed by atoms with Gasteiger partial charge in [-0.3, -0.25) is 0 Å². The molecule has 1 aromatic heterocycles. The average Bonchev–Trinajstić information content (AvgIpc) is 3.76. The van der Waals surface area contributed by atoms with Crippen molar-refractivity contribution in [2.24, 2.45) is 0 Å². The van der Waals surface area contributed by atoms with Gasteiger partial charge in [-0.15, -0.1) is 11.3 Å². The van der Waals surface area contributed by atoms with Gasteiger partial charge in [-0.2, -0.15) is 0 Å². The van der Waals surface area contributed by atoms with Gasteiger partial charge in [-0.1, -0.05) is 159 Å². The summed E-state index contributed by atoms with van der Waals surface area (Å²) >= 11 is 1.86. The summed E-state index contributed by atoms with van der Waals surface area (Å²) in [7, 11) is 0. The van der Waals surface area contributed by atoms with Gasteiger partial charge in [0.05, 0.1) is 5.69 Å². The molecule has 0 N–H and O–H groups in total. The number of fused-ring (bicyclic) bond motifs is 7. The molecule has 0 fully saturated rings. The highest BCUT2D eigenvalue weighted by atomic mass is 32.1. The number of anilines is 3. The second kappa shape index (κ2) is 13.2. The fourth-order valence-corrected chi connectivity index (χ4v) is 10.3. The van der Waals surface area contributed by atoms with Crippen LogP contribution in [0, 0.1) is 0 Å². The summed E-state index contributed by atoms with van der Waals surface area (Å²) in [4.78, 5) is 2.43. The molecule has 2 heteroatoms. The Morgan fingerprint density at radius 3 is 1.74 bits per heavy atom. The number of para-hydroxylation sites is 1. The van der Waals surface area contributed by atoms with E-state index in [9.17, 15) is 0 Å². The predicted molar refractivity (Wildman–Crippen MR) is 245 cm³/mol. The standard InChI is InChI=1S/C55H39NS/c1-55(2)49-18-8-5-16-47(49)54-46(17-11-19-50(54)55)44-14-6-9-20-51(44)56(42-29-24-37(25-30-42)40-23-22-36-12-3-4-13-39(36)34-40)43-31-26-38(27-32-43)41-28-33-53-48(35-41)45-15-7-10-21-52(45)57-53/h3-35H,1-2H3. The van der Waals surface area contributed by atoms with E-state index in [1.54, 1.807) is 0 Å². The van der Waals surface area contributed by atoms with Crippen LogP contribution in [-0.4, -0.2) is 0 Å². The van der Waals surface area contributed by atoms with Crippen LogP contribution in [-0.2, 0) is 5.41 Å². The van der Waals surface area contributed by atoms with Gasteiger partial charge in [0, 0.05) is 42.5 Å². The summed E-state index contributed by atoms with van der Waals surface area (Å²) in [6.45, 7) is 4.72. The fourth-order valence-electron chi connectivity index (χ4n) is 9.18. The molecular formula is C55H39NS. The van der Waals surface area contributed by atoms with Gasteiger partial charge in [-0.25, -0.2) is 0 Å². The van der Waals surface area contributed by atoms with Crippen LogP contribution >= 0.6 is 11.3 Å². The molecule has 0 saturated heterocycles. The quantitative estimate of drug-likeness (QED) is 0.164. The zero-order chi connectivity index (χ0) is 38.1. The lowest BCUT2D eigenvalue weighted by Crippen LogP contribution is -2.14. The lowest BCUT2D eigenvalue weighted by Gasteiger charge is -2.29. The molecule has 0 bridgehead atoms. The molecule has 0 atom stereocenters. The van der Waals surface area contributed by atoms with Crippen molar-refractivity contribution in [3.8, 4) is 44.5 Å². The Balaban J connectivity index is 1.05. The highest BCUT2D eigenvalue weighted by Gasteiger charge is 2.37. The molecule has 0 unspecified atom stereocenters. The SMILES string of the molecule is CC1(C)c2ccccc2-c2c(-c3ccccc3N(c3ccc(-c4ccc5ccccc5c4)cc3)c3ccc(-c4ccc5sc6ccccc6c5c4)cc3)cccc21. The third-order valence-corrected chi connectivity index (χ3v) is 13.2. The third-order valence-electron chi connectivity index (χ3n) is 12.1.